The molecule has 1 heterocycles. The molecule has 1 aliphatic rings. The van der Waals surface area contributed by atoms with Crippen molar-refractivity contribution < 1.29 is 18.3 Å². The fourth-order valence-corrected chi connectivity index (χ4v) is 1.90. The number of carbonyl (C=O) groups is 1. The fourth-order valence-electron chi connectivity index (χ4n) is 1.90. The Morgan fingerprint density at radius 3 is 2.67 bits per heavy atom. The Morgan fingerprint density at radius 2 is 2.06 bits per heavy atom. The number of nitrogens with one attached hydrogen (secondary N) is 1. The zero-order valence-corrected chi connectivity index (χ0v) is 10.5. The van der Waals surface area contributed by atoms with E-state index in [9.17, 15) is 13.6 Å². The van der Waals surface area contributed by atoms with Gasteiger partial charge in [0.05, 0.1) is 0 Å². The average molecular weight is 255 g/mol. The van der Waals surface area contributed by atoms with Crippen molar-refractivity contribution in [1.82, 2.24) is 0 Å². The van der Waals surface area contributed by atoms with Crippen LogP contribution in [-0.2, 0) is 16.0 Å². The van der Waals surface area contributed by atoms with E-state index in [-0.39, 0.29) is 6.42 Å². The van der Waals surface area contributed by atoms with E-state index in [4.69, 9.17) is 4.74 Å². The molecule has 0 amide bonds. The van der Waals surface area contributed by atoms with E-state index >= 15 is 0 Å². The number of esters is 1. The summed E-state index contributed by atoms with van der Waals surface area (Å²) in [6, 6.07) is 1.34. The molecular weight excluding hydrogens is 240 g/mol. The number of hydrogen-bond acceptors (Lipinski definition) is 3. The summed E-state index contributed by atoms with van der Waals surface area (Å²) in [6.07, 6.45) is 0.177. The lowest BCUT2D eigenvalue weighted by molar-refractivity contribution is -0.155. The maximum absolute atomic E-state index is 13.5. The Labute approximate surface area is 104 Å². The van der Waals surface area contributed by atoms with Gasteiger partial charge in [-0.3, -0.25) is 0 Å². The van der Waals surface area contributed by atoms with Crippen LogP contribution in [0.2, 0.25) is 0 Å². The van der Waals surface area contributed by atoms with Crippen molar-refractivity contribution >= 4 is 11.7 Å². The van der Waals surface area contributed by atoms with Crippen LogP contribution in [0.5, 0.6) is 0 Å². The second kappa shape index (κ2) is 4.23. The van der Waals surface area contributed by atoms with Crippen LogP contribution in [-0.4, -0.2) is 17.6 Å². The Balaban J connectivity index is 2.15. The second-order valence-electron chi connectivity index (χ2n) is 5.35. The van der Waals surface area contributed by atoms with E-state index in [0.717, 1.165) is 6.07 Å². The molecule has 0 aliphatic carbocycles. The zero-order chi connectivity index (χ0) is 13.5. The summed E-state index contributed by atoms with van der Waals surface area (Å²) >= 11 is 0. The topological polar surface area (TPSA) is 38.3 Å². The summed E-state index contributed by atoms with van der Waals surface area (Å²) in [7, 11) is 0. The molecule has 0 radical (unpaired) electrons. The summed E-state index contributed by atoms with van der Waals surface area (Å²) in [5, 5.41) is 2.78. The second-order valence-corrected chi connectivity index (χ2v) is 5.35. The van der Waals surface area contributed by atoms with E-state index in [1.165, 1.54) is 6.07 Å². The molecule has 1 aromatic rings. The summed E-state index contributed by atoms with van der Waals surface area (Å²) in [5.41, 5.74) is 0.0489. The number of rotatable bonds is 1. The molecule has 1 N–H and O–H groups in total. The Morgan fingerprint density at radius 1 is 1.39 bits per heavy atom. The van der Waals surface area contributed by atoms with Crippen molar-refractivity contribution in [2.24, 2.45) is 0 Å². The fraction of sp³-hybridized carbons (Fsp3) is 0.462. The molecule has 0 spiro atoms. The summed E-state index contributed by atoms with van der Waals surface area (Å²) in [6.45, 7) is 5.27. The standard InChI is InChI=1S/C13H15F2NO2/c1-13(2,3)18-12(17)11-6-8-9(15)4-7(14)5-10(8)16-11/h4-5,11,16H,6H2,1-3H3/t11-/m0/s1. The molecule has 1 aliphatic heterocycles. The van der Waals surface area contributed by atoms with E-state index in [1.54, 1.807) is 20.8 Å². The van der Waals surface area contributed by atoms with Gasteiger partial charge >= 0.3 is 5.97 Å². The maximum atomic E-state index is 13.5. The van der Waals surface area contributed by atoms with Crippen LogP contribution in [0.15, 0.2) is 12.1 Å². The summed E-state index contributed by atoms with van der Waals surface area (Å²) in [4.78, 5) is 11.8. The van der Waals surface area contributed by atoms with Gasteiger partial charge in [0, 0.05) is 23.7 Å². The first-order valence-electron chi connectivity index (χ1n) is 5.73. The summed E-state index contributed by atoms with van der Waals surface area (Å²) < 4.78 is 31.7. The number of hydrogen-bond donors (Lipinski definition) is 1. The number of ether oxygens (including phenoxy) is 1. The molecule has 1 atom stereocenters. The molecule has 0 aromatic heterocycles. The number of carbonyl (C=O) groups excluding carboxylic acids is 1. The third-order valence-corrected chi connectivity index (χ3v) is 2.59. The summed E-state index contributed by atoms with van der Waals surface area (Å²) in [5.74, 6) is -1.76. The van der Waals surface area contributed by atoms with Crippen LogP contribution < -0.4 is 5.32 Å². The number of anilines is 1. The van der Waals surface area contributed by atoms with Gasteiger partial charge in [-0.2, -0.15) is 0 Å². The molecule has 2 rings (SSSR count). The molecule has 1 aromatic carbocycles. The monoisotopic (exact) mass is 255 g/mol. The normalized spacial score (nSPS) is 18.2. The van der Waals surface area contributed by atoms with Crippen LogP contribution in [0.3, 0.4) is 0 Å². The highest BCUT2D eigenvalue weighted by Crippen LogP contribution is 2.30. The Kier molecular flexibility index (Phi) is 3.00. The molecule has 0 saturated carbocycles. The van der Waals surface area contributed by atoms with Gasteiger partial charge in [-0.15, -0.1) is 0 Å². The SMILES string of the molecule is CC(C)(C)OC(=O)[C@@H]1Cc2c(F)cc(F)cc2N1. The molecular formula is C13H15F2NO2. The third-order valence-electron chi connectivity index (χ3n) is 2.59. The number of halogens is 2. The van der Waals surface area contributed by atoms with Gasteiger partial charge in [-0.1, -0.05) is 0 Å². The van der Waals surface area contributed by atoms with Crippen molar-refractivity contribution in [3.05, 3.63) is 29.3 Å². The van der Waals surface area contributed by atoms with Crippen molar-refractivity contribution in [1.29, 1.82) is 0 Å². The van der Waals surface area contributed by atoms with E-state index in [1.807, 2.05) is 0 Å². The molecule has 18 heavy (non-hydrogen) atoms. The van der Waals surface area contributed by atoms with Crippen molar-refractivity contribution in [2.75, 3.05) is 5.32 Å². The van der Waals surface area contributed by atoms with Gasteiger partial charge in [0.25, 0.3) is 0 Å². The molecule has 3 nitrogen and oxygen atoms in total. The van der Waals surface area contributed by atoms with Gasteiger partial charge in [-0.05, 0) is 26.8 Å². The molecule has 0 bridgehead atoms. The van der Waals surface area contributed by atoms with Crippen LogP contribution in [0.4, 0.5) is 14.5 Å². The minimum atomic E-state index is -0.663. The number of benzene rings is 1. The minimum Gasteiger partial charge on any atom is -0.458 e. The van der Waals surface area contributed by atoms with Crippen molar-refractivity contribution in [3.63, 3.8) is 0 Å². The van der Waals surface area contributed by atoms with Crippen LogP contribution in [0.25, 0.3) is 0 Å². The zero-order valence-electron chi connectivity index (χ0n) is 10.5. The van der Waals surface area contributed by atoms with Crippen molar-refractivity contribution in [2.45, 2.75) is 38.8 Å². The molecule has 5 heteroatoms. The average Bonchev–Trinajstić information content (AvgIpc) is 2.58. The molecule has 0 saturated heterocycles. The van der Waals surface area contributed by atoms with Gasteiger partial charge in [0.2, 0.25) is 0 Å². The first-order valence-corrected chi connectivity index (χ1v) is 5.73. The van der Waals surface area contributed by atoms with Crippen LogP contribution in [0.1, 0.15) is 26.3 Å². The maximum Gasteiger partial charge on any atom is 0.329 e. The van der Waals surface area contributed by atoms with E-state index in [0.29, 0.717) is 11.3 Å². The first kappa shape index (κ1) is 12.8. The quantitative estimate of drug-likeness (QED) is 0.784. The highest BCUT2D eigenvalue weighted by Gasteiger charge is 2.32. The molecule has 0 unspecified atom stereocenters. The number of fused-ring (bicyclic) bond motifs is 1. The van der Waals surface area contributed by atoms with Crippen LogP contribution >= 0.6 is 0 Å². The highest BCUT2D eigenvalue weighted by molar-refractivity contribution is 5.83. The van der Waals surface area contributed by atoms with E-state index in [2.05, 4.69) is 5.32 Å². The molecule has 98 valence electrons. The van der Waals surface area contributed by atoms with Gasteiger partial charge in [0.15, 0.2) is 0 Å². The Hall–Kier alpha value is -1.65. The highest BCUT2D eigenvalue weighted by atomic mass is 19.1. The van der Waals surface area contributed by atoms with Gasteiger partial charge in [0.1, 0.15) is 23.3 Å². The minimum absolute atomic E-state index is 0.177. The Bertz CT molecular complexity index is 494. The van der Waals surface area contributed by atoms with Gasteiger partial charge < -0.3 is 10.1 Å². The lowest BCUT2D eigenvalue weighted by Crippen LogP contribution is -2.35. The predicted octanol–water partition coefficient (Wildman–Crippen LogP) is 2.64. The van der Waals surface area contributed by atoms with Crippen molar-refractivity contribution in [3.8, 4) is 0 Å². The largest absolute Gasteiger partial charge is 0.458 e. The smallest absolute Gasteiger partial charge is 0.329 e. The van der Waals surface area contributed by atoms with Crippen LogP contribution in [0, 0.1) is 11.6 Å². The third kappa shape index (κ3) is 2.60. The predicted molar refractivity (Wildman–Crippen MR) is 63.3 cm³/mol. The first-order chi connectivity index (χ1) is 8.26. The lowest BCUT2D eigenvalue weighted by Gasteiger charge is -2.22. The lowest BCUT2D eigenvalue weighted by atomic mass is 10.1. The molecule has 0 fully saturated rings. The van der Waals surface area contributed by atoms with E-state index < -0.39 is 29.2 Å². The van der Waals surface area contributed by atoms with Gasteiger partial charge in [-0.25, -0.2) is 13.6 Å².